The summed E-state index contributed by atoms with van der Waals surface area (Å²) >= 11 is 5.72. The third-order valence-corrected chi connectivity index (χ3v) is 5.59. The van der Waals surface area contributed by atoms with Gasteiger partial charge in [0.2, 0.25) is 15.9 Å². The van der Waals surface area contributed by atoms with Gasteiger partial charge in [-0.1, -0.05) is 30.9 Å². The van der Waals surface area contributed by atoms with E-state index in [1.165, 1.54) is 18.6 Å². The van der Waals surface area contributed by atoms with Gasteiger partial charge >= 0.3 is 0 Å². The molecular formula is C16H22ClFN2O3S. The molecule has 0 aromatic heterocycles. The zero-order valence-corrected chi connectivity index (χ0v) is 15.2. The molecule has 1 fully saturated rings. The van der Waals surface area contributed by atoms with Crippen molar-refractivity contribution in [1.82, 2.24) is 5.32 Å². The van der Waals surface area contributed by atoms with Crippen LogP contribution in [0.15, 0.2) is 18.2 Å². The number of amides is 1. The van der Waals surface area contributed by atoms with Crippen molar-refractivity contribution in [3.63, 3.8) is 0 Å². The van der Waals surface area contributed by atoms with E-state index in [0.717, 1.165) is 42.3 Å². The second-order valence-electron chi connectivity index (χ2n) is 6.09. The molecule has 0 heterocycles. The van der Waals surface area contributed by atoms with Crippen LogP contribution in [0.3, 0.4) is 0 Å². The maximum atomic E-state index is 13.3. The lowest BCUT2D eigenvalue weighted by Crippen LogP contribution is -2.39. The molecule has 1 aliphatic rings. The molecular weight excluding hydrogens is 355 g/mol. The normalized spacial score (nSPS) is 16.0. The molecule has 1 N–H and O–H groups in total. The molecule has 1 amide bonds. The number of nitrogens with one attached hydrogen (secondary N) is 1. The molecule has 0 spiro atoms. The van der Waals surface area contributed by atoms with Gasteiger partial charge < -0.3 is 5.32 Å². The van der Waals surface area contributed by atoms with E-state index in [-0.39, 0.29) is 35.6 Å². The molecule has 8 heteroatoms. The number of hydrogen-bond acceptors (Lipinski definition) is 3. The minimum atomic E-state index is -3.60. The molecule has 0 radical (unpaired) electrons. The smallest absolute Gasteiger partial charge is 0.232 e. The maximum absolute atomic E-state index is 13.3. The summed E-state index contributed by atoms with van der Waals surface area (Å²) in [7, 11) is -3.60. The molecule has 0 atom stereocenters. The molecule has 134 valence electrons. The first-order chi connectivity index (χ1) is 11.3. The largest absolute Gasteiger partial charge is 0.353 e. The molecule has 0 unspecified atom stereocenters. The Morgan fingerprint density at radius 1 is 1.33 bits per heavy atom. The number of benzene rings is 1. The first kappa shape index (κ1) is 19.0. The fraction of sp³-hybridized carbons (Fsp3) is 0.562. The molecule has 24 heavy (non-hydrogen) atoms. The summed E-state index contributed by atoms with van der Waals surface area (Å²) in [5.41, 5.74) is 0.245. The SMILES string of the molecule is CS(=O)(=O)N(CCC(=O)NC1CCCCC1)c1ccc(F)c(Cl)c1. The van der Waals surface area contributed by atoms with Crippen molar-refractivity contribution in [3.8, 4) is 0 Å². The minimum Gasteiger partial charge on any atom is -0.353 e. The fourth-order valence-corrected chi connectivity index (χ4v) is 3.97. The summed E-state index contributed by atoms with van der Waals surface area (Å²) in [5, 5.41) is 2.79. The van der Waals surface area contributed by atoms with Gasteiger partial charge in [-0.25, -0.2) is 12.8 Å². The van der Waals surface area contributed by atoms with E-state index in [1.807, 2.05) is 0 Å². The molecule has 1 aliphatic carbocycles. The lowest BCUT2D eigenvalue weighted by molar-refractivity contribution is -0.121. The van der Waals surface area contributed by atoms with Crippen LogP contribution in [-0.2, 0) is 14.8 Å². The van der Waals surface area contributed by atoms with Crippen LogP contribution in [0.1, 0.15) is 38.5 Å². The van der Waals surface area contributed by atoms with Gasteiger partial charge in [0.1, 0.15) is 5.82 Å². The lowest BCUT2D eigenvalue weighted by Gasteiger charge is -2.25. The summed E-state index contributed by atoms with van der Waals surface area (Å²) < 4.78 is 38.3. The van der Waals surface area contributed by atoms with Crippen LogP contribution in [-0.4, -0.2) is 33.2 Å². The van der Waals surface area contributed by atoms with Crippen LogP contribution in [0, 0.1) is 5.82 Å². The van der Waals surface area contributed by atoms with Crippen LogP contribution in [0.4, 0.5) is 10.1 Å². The van der Waals surface area contributed by atoms with Crippen molar-refractivity contribution < 1.29 is 17.6 Å². The highest BCUT2D eigenvalue weighted by Crippen LogP contribution is 2.24. The predicted molar refractivity (Wildman–Crippen MR) is 93.2 cm³/mol. The molecule has 0 aliphatic heterocycles. The Hall–Kier alpha value is -1.34. The van der Waals surface area contributed by atoms with Crippen LogP contribution >= 0.6 is 11.6 Å². The number of nitrogens with zero attached hydrogens (tertiary/aromatic N) is 1. The third kappa shape index (κ3) is 5.34. The van der Waals surface area contributed by atoms with Crippen LogP contribution in [0.2, 0.25) is 5.02 Å². The summed E-state index contributed by atoms with van der Waals surface area (Å²) in [4.78, 5) is 12.1. The van der Waals surface area contributed by atoms with Gasteiger partial charge in [0.05, 0.1) is 17.0 Å². The highest BCUT2D eigenvalue weighted by molar-refractivity contribution is 7.92. The van der Waals surface area contributed by atoms with Gasteiger partial charge in [0, 0.05) is 19.0 Å². The Balaban J connectivity index is 2.01. The number of anilines is 1. The zero-order valence-electron chi connectivity index (χ0n) is 13.6. The maximum Gasteiger partial charge on any atom is 0.232 e. The van der Waals surface area contributed by atoms with Crippen molar-refractivity contribution in [1.29, 1.82) is 0 Å². The molecule has 1 aromatic rings. The zero-order chi connectivity index (χ0) is 17.7. The first-order valence-electron chi connectivity index (χ1n) is 7.99. The van der Waals surface area contributed by atoms with Crippen molar-refractivity contribution in [2.45, 2.75) is 44.6 Å². The number of halogens is 2. The Labute approximate surface area is 147 Å². The standard InChI is InChI=1S/C16H22ClFN2O3S/c1-24(22,23)20(13-7-8-15(18)14(17)11-13)10-9-16(21)19-12-5-3-2-4-6-12/h7-8,11-12H,2-6,9-10H2,1H3,(H,19,21). The summed E-state index contributed by atoms with van der Waals surface area (Å²) in [5.74, 6) is -0.798. The number of sulfonamides is 1. The topological polar surface area (TPSA) is 66.5 Å². The van der Waals surface area contributed by atoms with E-state index < -0.39 is 15.8 Å². The highest BCUT2D eigenvalue weighted by Gasteiger charge is 2.21. The van der Waals surface area contributed by atoms with E-state index >= 15 is 0 Å². The van der Waals surface area contributed by atoms with Gasteiger partial charge in [-0.3, -0.25) is 9.10 Å². The number of carbonyl (C=O) groups is 1. The minimum absolute atomic E-state index is 0.0145. The molecule has 2 rings (SSSR count). The Morgan fingerprint density at radius 2 is 2.00 bits per heavy atom. The van der Waals surface area contributed by atoms with Crippen molar-refractivity contribution in [3.05, 3.63) is 29.0 Å². The first-order valence-corrected chi connectivity index (χ1v) is 10.2. The number of carbonyl (C=O) groups excluding carboxylic acids is 1. The summed E-state index contributed by atoms with van der Waals surface area (Å²) in [6.45, 7) is -0.0145. The number of hydrogen-bond donors (Lipinski definition) is 1. The van der Waals surface area contributed by atoms with Crippen molar-refractivity contribution >= 4 is 33.2 Å². The van der Waals surface area contributed by atoms with Gasteiger partial charge in [-0.15, -0.1) is 0 Å². The van der Waals surface area contributed by atoms with Crippen LogP contribution in [0.5, 0.6) is 0 Å². The van der Waals surface area contributed by atoms with Crippen molar-refractivity contribution in [2.75, 3.05) is 17.1 Å². The predicted octanol–water partition coefficient (Wildman–Crippen LogP) is 3.08. The quantitative estimate of drug-likeness (QED) is 0.829. The molecule has 5 nitrogen and oxygen atoms in total. The van der Waals surface area contributed by atoms with E-state index in [4.69, 9.17) is 11.6 Å². The third-order valence-electron chi connectivity index (χ3n) is 4.10. The molecule has 0 saturated heterocycles. The Kier molecular flexibility index (Phi) is 6.46. The summed E-state index contributed by atoms with van der Waals surface area (Å²) in [6.07, 6.45) is 6.43. The van der Waals surface area contributed by atoms with Crippen molar-refractivity contribution in [2.24, 2.45) is 0 Å². The second kappa shape index (κ2) is 8.16. The van der Waals surface area contributed by atoms with E-state index in [0.29, 0.717) is 0 Å². The van der Waals surface area contributed by atoms with Crippen LogP contribution < -0.4 is 9.62 Å². The molecule has 1 aromatic carbocycles. The van der Waals surface area contributed by atoms with Crippen LogP contribution in [0.25, 0.3) is 0 Å². The average molecular weight is 377 g/mol. The van der Waals surface area contributed by atoms with E-state index in [2.05, 4.69) is 5.32 Å². The fourth-order valence-electron chi connectivity index (χ4n) is 2.88. The molecule has 0 bridgehead atoms. The number of rotatable bonds is 6. The Bertz CT molecular complexity index is 691. The highest BCUT2D eigenvalue weighted by atomic mass is 35.5. The van der Waals surface area contributed by atoms with Gasteiger partial charge in [-0.2, -0.15) is 0 Å². The van der Waals surface area contributed by atoms with E-state index in [1.54, 1.807) is 0 Å². The second-order valence-corrected chi connectivity index (χ2v) is 8.40. The lowest BCUT2D eigenvalue weighted by atomic mass is 9.95. The average Bonchev–Trinajstić information content (AvgIpc) is 2.50. The van der Waals surface area contributed by atoms with Gasteiger partial charge in [-0.05, 0) is 31.0 Å². The van der Waals surface area contributed by atoms with Gasteiger partial charge in [0.25, 0.3) is 0 Å². The summed E-state index contributed by atoms with van der Waals surface area (Å²) in [6, 6.07) is 3.87. The Morgan fingerprint density at radius 3 is 2.58 bits per heavy atom. The van der Waals surface area contributed by atoms with Gasteiger partial charge in [0.15, 0.2) is 0 Å². The van der Waals surface area contributed by atoms with E-state index in [9.17, 15) is 17.6 Å². The molecule has 1 saturated carbocycles. The monoisotopic (exact) mass is 376 g/mol.